The number of ether oxygens (including phenoxy) is 4. The van der Waals surface area contributed by atoms with Crippen molar-refractivity contribution >= 4 is 17.7 Å². The summed E-state index contributed by atoms with van der Waals surface area (Å²) in [6.45, 7) is 9.22. The first-order valence-corrected chi connectivity index (χ1v) is 11.6. The smallest absolute Gasteiger partial charge is 0.309 e. The maximum atomic E-state index is 12.8. The van der Waals surface area contributed by atoms with Gasteiger partial charge in [-0.25, -0.2) is 0 Å². The lowest BCUT2D eigenvalue weighted by molar-refractivity contribution is -0.153. The Labute approximate surface area is 197 Å². The van der Waals surface area contributed by atoms with Gasteiger partial charge in [0, 0.05) is 25.2 Å². The molecular formula is C26H38O7. The number of hydrogen-bond donors (Lipinski definition) is 0. The normalized spacial score (nSPS) is 28.6. The first-order valence-electron chi connectivity index (χ1n) is 11.6. The van der Waals surface area contributed by atoms with Gasteiger partial charge in [0.2, 0.25) is 11.5 Å². The number of esters is 2. The number of methoxy groups -OCH3 is 2. The minimum atomic E-state index is -0.669. The van der Waals surface area contributed by atoms with Gasteiger partial charge in [0.15, 0.2) is 11.9 Å². The van der Waals surface area contributed by atoms with E-state index in [-0.39, 0.29) is 47.1 Å². The standard InChI is InChI=1S/C26H38O7/c1-15(9-8-10-16(2)13-20-14-17(3)26(29)33-20)11-12-21-18(4)22(28)24(30-6)25(31-7)23(21)32-19(5)27/h10-11,17-18,20-21,23H,8-9,12-14H2,1-7H3. The molecule has 2 rings (SSSR count). The summed E-state index contributed by atoms with van der Waals surface area (Å²) in [7, 11) is 2.87. The van der Waals surface area contributed by atoms with E-state index in [1.54, 1.807) is 0 Å². The van der Waals surface area contributed by atoms with Crippen LogP contribution in [-0.2, 0) is 33.3 Å². The van der Waals surface area contributed by atoms with Gasteiger partial charge in [0.1, 0.15) is 6.10 Å². The lowest BCUT2D eigenvalue weighted by Gasteiger charge is -2.35. The molecule has 0 saturated carbocycles. The second-order valence-corrected chi connectivity index (χ2v) is 9.22. The Balaban J connectivity index is 2.00. The number of rotatable bonds is 10. The molecule has 1 aliphatic carbocycles. The molecule has 0 bridgehead atoms. The van der Waals surface area contributed by atoms with Crippen LogP contribution in [0.25, 0.3) is 0 Å². The van der Waals surface area contributed by atoms with Gasteiger partial charge in [0.25, 0.3) is 0 Å². The van der Waals surface area contributed by atoms with Crippen molar-refractivity contribution < 1.29 is 33.3 Å². The molecule has 7 heteroatoms. The maximum absolute atomic E-state index is 12.8. The van der Waals surface area contributed by atoms with Crippen molar-refractivity contribution in [2.24, 2.45) is 17.8 Å². The van der Waals surface area contributed by atoms with Crippen molar-refractivity contribution in [2.75, 3.05) is 14.2 Å². The first-order chi connectivity index (χ1) is 15.6. The van der Waals surface area contributed by atoms with Crippen LogP contribution in [0.15, 0.2) is 34.8 Å². The molecule has 0 amide bonds. The molecule has 0 N–H and O–H groups in total. The molecule has 0 radical (unpaired) electrons. The summed E-state index contributed by atoms with van der Waals surface area (Å²) in [5.41, 5.74) is 2.42. The van der Waals surface area contributed by atoms with Crippen molar-refractivity contribution in [3.8, 4) is 0 Å². The second kappa shape index (κ2) is 12.1. The molecule has 0 aromatic heterocycles. The lowest BCUT2D eigenvalue weighted by atomic mass is 9.77. The Kier molecular flexibility index (Phi) is 9.74. The third-order valence-corrected chi connectivity index (χ3v) is 6.49. The van der Waals surface area contributed by atoms with Crippen LogP contribution in [0.3, 0.4) is 0 Å². The van der Waals surface area contributed by atoms with Gasteiger partial charge < -0.3 is 18.9 Å². The second-order valence-electron chi connectivity index (χ2n) is 9.22. The van der Waals surface area contributed by atoms with E-state index in [1.807, 2.05) is 13.8 Å². The summed E-state index contributed by atoms with van der Waals surface area (Å²) in [5, 5.41) is 0. The summed E-state index contributed by atoms with van der Waals surface area (Å²) in [6.07, 6.45) is 7.53. The minimum Gasteiger partial charge on any atom is -0.493 e. The van der Waals surface area contributed by atoms with Crippen LogP contribution in [0, 0.1) is 17.8 Å². The summed E-state index contributed by atoms with van der Waals surface area (Å²) in [4.78, 5) is 36.1. The predicted molar refractivity (Wildman–Crippen MR) is 124 cm³/mol. The topological polar surface area (TPSA) is 88.1 Å². The number of carbonyl (C=O) groups excluding carboxylic acids is 3. The zero-order valence-electron chi connectivity index (χ0n) is 20.9. The van der Waals surface area contributed by atoms with Gasteiger partial charge in [-0.15, -0.1) is 0 Å². The zero-order valence-corrected chi connectivity index (χ0v) is 20.9. The highest BCUT2D eigenvalue weighted by molar-refractivity contribution is 5.97. The Morgan fingerprint density at radius 1 is 1.06 bits per heavy atom. The van der Waals surface area contributed by atoms with Gasteiger partial charge in [-0.2, -0.15) is 0 Å². The molecule has 0 aromatic rings. The Hall–Kier alpha value is -2.57. The van der Waals surface area contributed by atoms with E-state index in [9.17, 15) is 14.4 Å². The Morgan fingerprint density at radius 3 is 2.30 bits per heavy atom. The Bertz CT molecular complexity index is 836. The molecule has 1 saturated heterocycles. The molecule has 184 valence electrons. The van der Waals surface area contributed by atoms with E-state index in [0.29, 0.717) is 6.42 Å². The largest absolute Gasteiger partial charge is 0.493 e. The number of carbonyl (C=O) groups is 3. The molecule has 0 spiro atoms. The zero-order chi connectivity index (χ0) is 24.7. The number of ketones is 1. The van der Waals surface area contributed by atoms with E-state index < -0.39 is 12.1 Å². The first kappa shape index (κ1) is 26.7. The molecular weight excluding hydrogens is 424 g/mol. The van der Waals surface area contributed by atoms with Crippen molar-refractivity contribution in [1.82, 2.24) is 0 Å². The van der Waals surface area contributed by atoms with Gasteiger partial charge in [0.05, 0.1) is 20.1 Å². The van der Waals surface area contributed by atoms with Crippen LogP contribution in [0.4, 0.5) is 0 Å². The van der Waals surface area contributed by atoms with Crippen LogP contribution in [0.1, 0.15) is 66.7 Å². The summed E-state index contributed by atoms with van der Waals surface area (Å²) >= 11 is 0. The summed E-state index contributed by atoms with van der Waals surface area (Å²) < 4.78 is 21.6. The number of cyclic esters (lactones) is 1. The molecule has 5 unspecified atom stereocenters. The summed E-state index contributed by atoms with van der Waals surface area (Å²) in [5.74, 6) is -0.894. The third kappa shape index (κ3) is 6.95. The fourth-order valence-corrected chi connectivity index (χ4v) is 4.54. The number of Topliss-reactive ketones (excluding diaryl/α,β-unsaturated/α-hetero) is 1. The fraction of sp³-hybridized carbons (Fsp3) is 0.654. The summed E-state index contributed by atoms with van der Waals surface area (Å²) in [6, 6.07) is 0. The van der Waals surface area contributed by atoms with Crippen LogP contribution in [0.2, 0.25) is 0 Å². The Morgan fingerprint density at radius 2 is 1.76 bits per heavy atom. The van der Waals surface area contributed by atoms with Crippen LogP contribution < -0.4 is 0 Å². The van der Waals surface area contributed by atoms with Gasteiger partial charge in [-0.05, 0) is 39.5 Å². The molecule has 0 aromatic carbocycles. The van der Waals surface area contributed by atoms with Crippen molar-refractivity contribution in [2.45, 2.75) is 78.9 Å². The van der Waals surface area contributed by atoms with Crippen molar-refractivity contribution in [1.29, 1.82) is 0 Å². The molecule has 5 atom stereocenters. The van der Waals surface area contributed by atoms with Gasteiger partial charge >= 0.3 is 11.9 Å². The SMILES string of the molecule is COC1=C(OC)C(OC(C)=O)C(CC=C(C)CCC=C(C)CC2CC(C)C(=O)O2)C(C)C1=O. The van der Waals surface area contributed by atoms with Crippen molar-refractivity contribution in [3.63, 3.8) is 0 Å². The van der Waals surface area contributed by atoms with E-state index in [4.69, 9.17) is 18.9 Å². The van der Waals surface area contributed by atoms with Crippen LogP contribution in [0.5, 0.6) is 0 Å². The van der Waals surface area contributed by atoms with Gasteiger partial charge in [-0.1, -0.05) is 37.1 Å². The molecule has 1 fully saturated rings. The minimum absolute atomic E-state index is 0.00807. The van der Waals surface area contributed by atoms with E-state index in [1.165, 1.54) is 32.3 Å². The number of hydrogen-bond acceptors (Lipinski definition) is 7. The fourth-order valence-electron chi connectivity index (χ4n) is 4.54. The number of allylic oxidation sites excluding steroid dienone is 4. The van der Waals surface area contributed by atoms with E-state index >= 15 is 0 Å². The quantitative estimate of drug-likeness (QED) is 0.344. The molecule has 1 aliphatic heterocycles. The van der Waals surface area contributed by atoms with E-state index in [2.05, 4.69) is 26.0 Å². The molecule has 1 heterocycles. The highest BCUT2D eigenvalue weighted by atomic mass is 16.6. The van der Waals surface area contributed by atoms with Crippen molar-refractivity contribution in [3.05, 3.63) is 34.8 Å². The predicted octanol–water partition coefficient (Wildman–Crippen LogP) is 4.66. The lowest BCUT2D eigenvalue weighted by Crippen LogP contribution is -2.42. The van der Waals surface area contributed by atoms with Crippen LogP contribution >= 0.6 is 0 Å². The highest BCUT2D eigenvalue weighted by Gasteiger charge is 2.45. The van der Waals surface area contributed by atoms with Gasteiger partial charge in [-0.3, -0.25) is 14.4 Å². The highest BCUT2D eigenvalue weighted by Crippen LogP contribution is 2.37. The maximum Gasteiger partial charge on any atom is 0.309 e. The molecule has 33 heavy (non-hydrogen) atoms. The molecule has 7 nitrogen and oxygen atoms in total. The van der Waals surface area contributed by atoms with Crippen LogP contribution in [-0.4, -0.2) is 44.1 Å². The average Bonchev–Trinajstić information content (AvgIpc) is 3.06. The average molecular weight is 463 g/mol. The molecule has 2 aliphatic rings. The third-order valence-electron chi connectivity index (χ3n) is 6.49. The monoisotopic (exact) mass is 462 g/mol. The van der Waals surface area contributed by atoms with E-state index in [0.717, 1.165) is 25.7 Å².